The Balaban J connectivity index is 1.80. The predicted molar refractivity (Wildman–Crippen MR) is 65.3 cm³/mol. The molecule has 1 unspecified atom stereocenters. The zero-order valence-corrected chi connectivity index (χ0v) is 10.2. The Hall–Kier alpha value is -1.51. The van der Waals surface area contributed by atoms with Crippen LogP contribution in [0.1, 0.15) is 16.9 Å². The maximum Gasteiger partial charge on any atom is 0.287 e. The summed E-state index contributed by atoms with van der Waals surface area (Å²) in [5.74, 6) is 5.21. The van der Waals surface area contributed by atoms with Gasteiger partial charge in [-0.15, -0.1) is 5.10 Å². The van der Waals surface area contributed by atoms with Crippen molar-refractivity contribution in [2.24, 2.45) is 17.5 Å². The minimum absolute atomic E-state index is 0.235. The number of nitrogens with one attached hydrogen (secondary N) is 1. The molecule has 0 radical (unpaired) electrons. The van der Waals surface area contributed by atoms with Crippen molar-refractivity contribution in [3.05, 3.63) is 11.9 Å². The number of nitrogen functional groups attached to an aromatic ring is 1. The first-order chi connectivity index (χ1) is 8.72. The zero-order valence-electron chi connectivity index (χ0n) is 10.2. The number of hydrogen-bond donors (Lipinski definition) is 3. The first-order valence-corrected chi connectivity index (χ1v) is 6.06. The molecule has 0 bridgehead atoms. The summed E-state index contributed by atoms with van der Waals surface area (Å²) < 4.78 is 1.65. The minimum Gasteiger partial charge on any atom is -0.330 e. The van der Waals surface area contributed by atoms with Gasteiger partial charge >= 0.3 is 0 Å². The minimum atomic E-state index is -0.425. The highest BCUT2D eigenvalue weighted by Crippen LogP contribution is 2.14. The lowest BCUT2D eigenvalue weighted by atomic mass is 10.1. The Morgan fingerprint density at radius 2 is 2.39 bits per heavy atom. The Kier molecular flexibility index (Phi) is 4.24. The van der Waals surface area contributed by atoms with Crippen LogP contribution in [0.15, 0.2) is 6.20 Å². The Morgan fingerprint density at radius 3 is 3.06 bits per heavy atom. The lowest BCUT2D eigenvalue weighted by Crippen LogP contribution is -2.30. The van der Waals surface area contributed by atoms with E-state index in [2.05, 4.69) is 15.2 Å². The van der Waals surface area contributed by atoms with Crippen molar-refractivity contribution in [3.63, 3.8) is 0 Å². The van der Waals surface area contributed by atoms with Crippen molar-refractivity contribution in [1.29, 1.82) is 0 Å². The molecule has 0 saturated carbocycles. The van der Waals surface area contributed by atoms with E-state index in [1.807, 2.05) is 5.43 Å². The van der Waals surface area contributed by atoms with Crippen LogP contribution in [0.5, 0.6) is 0 Å². The Labute approximate surface area is 105 Å². The number of likely N-dealkylation sites (tertiary alicyclic amines) is 1. The third kappa shape index (κ3) is 3.03. The fourth-order valence-electron chi connectivity index (χ4n) is 2.14. The lowest BCUT2D eigenvalue weighted by molar-refractivity contribution is 0.0948. The average molecular weight is 253 g/mol. The maximum atomic E-state index is 11.2. The number of carbonyl (C=O) groups excluding carboxylic acids is 1. The molecule has 5 N–H and O–H groups in total. The lowest BCUT2D eigenvalue weighted by Gasteiger charge is -2.14. The van der Waals surface area contributed by atoms with Crippen LogP contribution in [0.3, 0.4) is 0 Å². The number of rotatable bonds is 5. The summed E-state index contributed by atoms with van der Waals surface area (Å²) >= 11 is 0. The van der Waals surface area contributed by atoms with Crippen molar-refractivity contribution in [2.45, 2.75) is 13.0 Å². The first-order valence-electron chi connectivity index (χ1n) is 6.06. The monoisotopic (exact) mass is 253 g/mol. The van der Waals surface area contributed by atoms with E-state index >= 15 is 0 Å². The van der Waals surface area contributed by atoms with E-state index < -0.39 is 5.91 Å². The van der Waals surface area contributed by atoms with Crippen LogP contribution >= 0.6 is 0 Å². The molecule has 18 heavy (non-hydrogen) atoms. The van der Waals surface area contributed by atoms with Crippen LogP contribution in [0.4, 0.5) is 0 Å². The van der Waals surface area contributed by atoms with Gasteiger partial charge in [0.15, 0.2) is 5.69 Å². The number of nitrogens with zero attached hydrogens (tertiary/aromatic N) is 4. The molecule has 1 aromatic rings. The van der Waals surface area contributed by atoms with Crippen LogP contribution in [-0.4, -0.2) is 52.0 Å². The summed E-state index contributed by atoms with van der Waals surface area (Å²) in [4.78, 5) is 13.5. The Morgan fingerprint density at radius 1 is 1.56 bits per heavy atom. The van der Waals surface area contributed by atoms with Crippen LogP contribution in [0, 0.1) is 5.92 Å². The van der Waals surface area contributed by atoms with E-state index in [4.69, 9.17) is 11.6 Å². The molecule has 1 aliphatic heterocycles. The molecule has 2 heterocycles. The first kappa shape index (κ1) is 12.9. The highest BCUT2D eigenvalue weighted by Gasteiger charge is 2.20. The molecular weight excluding hydrogens is 234 g/mol. The number of hydrazine groups is 1. The molecule has 2 rings (SSSR count). The SMILES string of the molecule is NCC1CCN(CCn2cc(C(=O)NN)nn2)C1. The number of carbonyl (C=O) groups is 1. The van der Waals surface area contributed by atoms with Crippen LogP contribution in [-0.2, 0) is 6.54 Å². The average Bonchev–Trinajstić information content (AvgIpc) is 3.04. The number of hydrogen-bond acceptors (Lipinski definition) is 6. The summed E-state index contributed by atoms with van der Waals surface area (Å²) in [6.07, 6.45) is 2.76. The van der Waals surface area contributed by atoms with Crippen LogP contribution in [0.25, 0.3) is 0 Å². The van der Waals surface area contributed by atoms with Gasteiger partial charge in [-0.1, -0.05) is 5.21 Å². The summed E-state index contributed by atoms with van der Waals surface area (Å²) in [5, 5.41) is 7.63. The standard InChI is InChI=1S/C10H19N7O/c11-5-8-1-2-16(6-8)3-4-17-7-9(14-15-17)10(18)13-12/h7-8H,1-6,11-12H2,(H,13,18). The number of amides is 1. The van der Waals surface area contributed by atoms with Crippen molar-refractivity contribution in [2.75, 3.05) is 26.2 Å². The van der Waals surface area contributed by atoms with Crippen molar-refractivity contribution in [3.8, 4) is 0 Å². The molecule has 1 atom stereocenters. The van der Waals surface area contributed by atoms with E-state index in [-0.39, 0.29) is 5.69 Å². The zero-order chi connectivity index (χ0) is 13.0. The van der Waals surface area contributed by atoms with Gasteiger partial charge in [0, 0.05) is 13.1 Å². The van der Waals surface area contributed by atoms with E-state index in [0.29, 0.717) is 12.5 Å². The molecule has 0 spiro atoms. The van der Waals surface area contributed by atoms with Gasteiger partial charge in [0.2, 0.25) is 0 Å². The van der Waals surface area contributed by atoms with Gasteiger partial charge < -0.3 is 10.6 Å². The molecule has 1 aliphatic rings. The second-order valence-corrected chi connectivity index (χ2v) is 4.53. The molecule has 1 aromatic heterocycles. The molecule has 0 aliphatic carbocycles. The highest BCUT2D eigenvalue weighted by atomic mass is 16.2. The molecule has 8 nitrogen and oxygen atoms in total. The quantitative estimate of drug-likeness (QED) is 0.323. The fourth-order valence-corrected chi connectivity index (χ4v) is 2.14. The topological polar surface area (TPSA) is 115 Å². The summed E-state index contributed by atoms with van der Waals surface area (Å²) in [6.45, 7) is 4.47. The van der Waals surface area contributed by atoms with Gasteiger partial charge in [-0.25, -0.2) is 5.84 Å². The van der Waals surface area contributed by atoms with Crippen molar-refractivity contribution < 1.29 is 4.79 Å². The van der Waals surface area contributed by atoms with E-state index in [0.717, 1.165) is 32.6 Å². The normalized spacial score (nSPS) is 20.2. The summed E-state index contributed by atoms with van der Waals surface area (Å²) in [7, 11) is 0. The summed E-state index contributed by atoms with van der Waals surface area (Å²) in [6, 6.07) is 0. The second kappa shape index (κ2) is 5.89. The molecule has 1 fully saturated rings. The predicted octanol–water partition coefficient (Wildman–Crippen LogP) is -1.84. The van der Waals surface area contributed by atoms with Gasteiger partial charge in [-0.2, -0.15) is 0 Å². The largest absolute Gasteiger partial charge is 0.330 e. The molecule has 100 valence electrons. The highest BCUT2D eigenvalue weighted by molar-refractivity contribution is 5.91. The molecular formula is C10H19N7O. The smallest absolute Gasteiger partial charge is 0.287 e. The van der Waals surface area contributed by atoms with Crippen LogP contribution < -0.4 is 17.0 Å². The Bertz CT molecular complexity index is 405. The maximum absolute atomic E-state index is 11.2. The van der Waals surface area contributed by atoms with E-state index in [9.17, 15) is 4.79 Å². The van der Waals surface area contributed by atoms with Gasteiger partial charge in [-0.05, 0) is 25.4 Å². The van der Waals surface area contributed by atoms with Crippen molar-refractivity contribution in [1.82, 2.24) is 25.3 Å². The van der Waals surface area contributed by atoms with Crippen LogP contribution in [0.2, 0.25) is 0 Å². The summed E-state index contributed by atoms with van der Waals surface area (Å²) in [5.41, 5.74) is 7.91. The third-order valence-corrected chi connectivity index (χ3v) is 3.25. The third-order valence-electron chi connectivity index (χ3n) is 3.25. The number of aromatic nitrogens is 3. The number of nitrogens with two attached hydrogens (primary N) is 2. The van der Waals surface area contributed by atoms with E-state index in [1.165, 1.54) is 0 Å². The molecule has 1 saturated heterocycles. The van der Waals surface area contributed by atoms with Gasteiger partial charge in [0.1, 0.15) is 0 Å². The fraction of sp³-hybridized carbons (Fsp3) is 0.700. The molecule has 0 aromatic carbocycles. The molecule has 1 amide bonds. The van der Waals surface area contributed by atoms with Gasteiger partial charge in [-0.3, -0.25) is 14.9 Å². The van der Waals surface area contributed by atoms with Gasteiger partial charge in [0.05, 0.1) is 12.7 Å². The van der Waals surface area contributed by atoms with Crippen molar-refractivity contribution >= 4 is 5.91 Å². The van der Waals surface area contributed by atoms with Gasteiger partial charge in [0.25, 0.3) is 5.91 Å². The van der Waals surface area contributed by atoms with E-state index in [1.54, 1.807) is 10.9 Å². The molecule has 8 heteroatoms. The second-order valence-electron chi connectivity index (χ2n) is 4.53.